The Hall–Kier alpha value is -3.55. The van der Waals surface area contributed by atoms with Crippen molar-refractivity contribution in [3.63, 3.8) is 0 Å². The van der Waals surface area contributed by atoms with Gasteiger partial charge < -0.3 is 15.4 Å². The Morgan fingerprint density at radius 2 is 1.82 bits per heavy atom. The standard InChI is InChI=1S/C20H18F2N4O2/c1-28-17-8-3-2-5-13(17)9-10-23-20(27)16-11-18(25-12-24-16)26-19-14(21)6-4-7-15(19)22/h2-8,11-12H,9-10H2,1H3,(H,23,27)(H,24,25,26). The molecule has 3 rings (SSSR count). The van der Waals surface area contributed by atoms with Gasteiger partial charge in [0.2, 0.25) is 0 Å². The van der Waals surface area contributed by atoms with Gasteiger partial charge in [0.25, 0.3) is 5.91 Å². The first kappa shape index (κ1) is 19.2. The fourth-order valence-corrected chi connectivity index (χ4v) is 2.61. The molecule has 0 aliphatic carbocycles. The van der Waals surface area contributed by atoms with Crippen LogP contribution >= 0.6 is 0 Å². The number of benzene rings is 2. The quantitative estimate of drug-likeness (QED) is 0.652. The Labute approximate surface area is 160 Å². The first-order chi connectivity index (χ1) is 13.6. The highest BCUT2D eigenvalue weighted by molar-refractivity contribution is 5.93. The van der Waals surface area contributed by atoms with Gasteiger partial charge in [-0.3, -0.25) is 4.79 Å². The van der Waals surface area contributed by atoms with Crippen molar-refractivity contribution in [3.8, 4) is 5.75 Å². The molecule has 0 radical (unpaired) electrons. The van der Waals surface area contributed by atoms with Gasteiger partial charge >= 0.3 is 0 Å². The van der Waals surface area contributed by atoms with E-state index in [0.717, 1.165) is 29.8 Å². The van der Waals surface area contributed by atoms with Crippen LogP contribution in [-0.2, 0) is 6.42 Å². The van der Waals surface area contributed by atoms with Crippen LogP contribution in [0.5, 0.6) is 5.75 Å². The number of carbonyl (C=O) groups excluding carboxylic acids is 1. The van der Waals surface area contributed by atoms with Crippen LogP contribution in [0.2, 0.25) is 0 Å². The van der Waals surface area contributed by atoms with Crippen molar-refractivity contribution in [2.24, 2.45) is 0 Å². The average Bonchev–Trinajstić information content (AvgIpc) is 2.71. The molecule has 0 aliphatic rings. The molecule has 3 aromatic rings. The van der Waals surface area contributed by atoms with Gasteiger partial charge in [0.15, 0.2) is 0 Å². The smallest absolute Gasteiger partial charge is 0.270 e. The Balaban J connectivity index is 1.64. The highest BCUT2D eigenvalue weighted by atomic mass is 19.1. The number of methoxy groups -OCH3 is 1. The van der Waals surface area contributed by atoms with Crippen LogP contribution in [0.4, 0.5) is 20.3 Å². The molecule has 0 bridgehead atoms. The van der Waals surface area contributed by atoms with E-state index in [4.69, 9.17) is 4.74 Å². The Morgan fingerprint density at radius 1 is 1.07 bits per heavy atom. The van der Waals surface area contributed by atoms with Crippen LogP contribution < -0.4 is 15.4 Å². The number of nitrogens with one attached hydrogen (secondary N) is 2. The molecule has 1 heterocycles. The second kappa shape index (κ2) is 8.90. The molecule has 0 atom stereocenters. The average molecular weight is 384 g/mol. The monoisotopic (exact) mass is 384 g/mol. The molecular formula is C20H18F2N4O2. The summed E-state index contributed by atoms with van der Waals surface area (Å²) in [5.74, 6) is -1.09. The van der Waals surface area contributed by atoms with Crippen molar-refractivity contribution in [2.45, 2.75) is 6.42 Å². The third kappa shape index (κ3) is 4.59. The number of amides is 1. The Bertz CT molecular complexity index is 962. The number of carbonyl (C=O) groups is 1. The van der Waals surface area contributed by atoms with Crippen LogP contribution in [-0.4, -0.2) is 29.5 Å². The van der Waals surface area contributed by atoms with Gasteiger partial charge in [0.1, 0.15) is 40.9 Å². The zero-order valence-corrected chi connectivity index (χ0v) is 15.1. The zero-order valence-electron chi connectivity index (χ0n) is 15.1. The summed E-state index contributed by atoms with van der Waals surface area (Å²) in [7, 11) is 1.59. The molecule has 0 spiro atoms. The van der Waals surface area contributed by atoms with E-state index in [1.54, 1.807) is 7.11 Å². The number of para-hydroxylation sites is 2. The first-order valence-corrected chi connectivity index (χ1v) is 8.51. The van der Waals surface area contributed by atoms with E-state index >= 15 is 0 Å². The van der Waals surface area contributed by atoms with Crippen LogP contribution in [0.15, 0.2) is 54.9 Å². The van der Waals surface area contributed by atoms with Crippen LogP contribution in [0.1, 0.15) is 16.1 Å². The lowest BCUT2D eigenvalue weighted by Crippen LogP contribution is -2.26. The number of rotatable bonds is 7. The normalized spacial score (nSPS) is 10.4. The van der Waals surface area contributed by atoms with Gasteiger partial charge in [0.05, 0.1) is 7.11 Å². The molecule has 1 amide bonds. The molecule has 0 aliphatic heterocycles. The van der Waals surface area contributed by atoms with Crippen LogP contribution in [0.3, 0.4) is 0 Å². The zero-order chi connectivity index (χ0) is 19.9. The number of nitrogens with zero attached hydrogens (tertiary/aromatic N) is 2. The van der Waals surface area contributed by atoms with Crippen molar-refractivity contribution in [1.82, 2.24) is 15.3 Å². The predicted octanol–water partition coefficient (Wildman–Crippen LogP) is 3.48. The summed E-state index contributed by atoms with van der Waals surface area (Å²) in [6, 6.07) is 12.4. The summed E-state index contributed by atoms with van der Waals surface area (Å²) in [6.07, 6.45) is 1.72. The van der Waals surface area contributed by atoms with Crippen molar-refractivity contribution in [3.05, 3.63) is 77.8 Å². The Kier molecular flexibility index (Phi) is 6.11. The van der Waals surface area contributed by atoms with Crippen molar-refractivity contribution < 1.29 is 18.3 Å². The third-order valence-electron chi connectivity index (χ3n) is 3.99. The predicted molar refractivity (Wildman–Crippen MR) is 101 cm³/mol. The maximum atomic E-state index is 13.7. The van der Waals surface area contributed by atoms with E-state index in [2.05, 4.69) is 20.6 Å². The SMILES string of the molecule is COc1ccccc1CCNC(=O)c1cc(Nc2c(F)cccc2F)ncn1. The third-order valence-corrected chi connectivity index (χ3v) is 3.99. The number of hydrogen-bond acceptors (Lipinski definition) is 5. The summed E-state index contributed by atoms with van der Waals surface area (Å²) in [6.45, 7) is 0.369. The van der Waals surface area contributed by atoms with Crippen molar-refractivity contribution >= 4 is 17.4 Å². The van der Waals surface area contributed by atoms with Gasteiger partial charge in [-0.1, -0.05) is 24.3 Å². The number of aromatic nitrogens is 2. The minimum atomic E-state index is -0.763. The molecule has 2 aromatic carbocycles. The van der Waals surface area contributed by atoms with Gasteiger partial charge in [-0.25, -0.2) is 18.7 Å². The molecule has 8 heteroatoms. The molecule has 0 unspecified atom stereocenters. The van der Waals surface area contributed by atoms with Gasteiger partial charge in [-0.05, 0) is 30.2 Å². The first-order valence-electron chi connectivity index (χ1n) is 8.51. The van der Waals surface area contributed by atoms with E-state index in [9.17, 15) is 13.6 Å². The van der Waals surface area contributed by atoms with Crippen LogP contribution in [0, 0.1) is 11.6 Å². The van der Waals surface area contributed by atoms with E-state index in [1.807, 2.05) is 24.3 Å². The second-order valence-corrected chi connectivity index (χ2v) is 5.83. The van der Waals surface area contributed by atoms with Gasteiger partial charge in [-0.2, -0.15) is 0 Å². The van der Waals surface area contributed by atoms with E-state index in [0.29, 0.717) is 13.0 Å². The molecule has 0 saturated carbocycles. The fourth-order valence-electron chi connectivity index (χ4n) is 2.61. The number of hydrogen-bond donors (Lipinski definition) is 2. The maximum Gasteiger partial charge on any atom is 0.270 e. The van der Waals surface area contributed by atoms with Gasteiger partial charge in [0, 0.05) is 12.6 Å². The van der Waals surface area contributed by atoms with Crippen LogP contribution in [0.25, 0.3) is 0 Å². The summed E-state index contributed by atoms with van der Waals surface area (Å²) < 4.78 is 32.8. The molecule has 6 nitrogen and oxygen atoms in total. The van der Waals surface area contributed by atoms with E-state index in [1.165, 1.54) is 12.1 Å². The lowest BCUT2D eigenvalue weighted by Gasteiger charge is -2.10. The molecule has 0 saturated heterocycles. The molecule has 144 valence electrons. The lowest BCUT2D eigenvalue weighted by atomic mass is 10.1. The number of ether oxygens (including phenoxy) is 1. The Morgan fingerprint density at radius 3 is 2.57 bits per heavy atom. The van der Waals surface area contributed by atoms with Crippen molar-refractivity contribution in [2.75, 3.05) is 19.0 Å². The maximum absolute atomic E-state index is 13.7. The molecule has 2 N–H and O–H groups in total. The molecule has 1 aromatic heterocycles. The molecule has 28 heavy (non-hydrogen) atoms. The van der Waals surface area contributed by atoms with E-state index < -0.39 is 17.5 Å². The summed E-state index contributed by atoms with van der Waals surface area (Å²) in [4.78, 5) is 20.1. The summed E-state index contributed by atoms with van der Waals surface area (Å²) in [5.41, 5.74) is 0.698. The van der Waals surface area contributed by atoms with Gasteiger partial charge in [-0.15, -0.1) is 0 Å². The second-order valence-electron chi connectivity index (χ2n) is 5.83. The minimum Gasteiger partial charge on any atom is -0.496 e. The lowest BCUT2D eigenvalue weighted by molar-refractivity contribution is 0.0949. The summed E-state index contributed by atoms with van der Waals surface area (Å²) in [5, 5.41) is 5.29. The molecule has 0 fully saturated rings. The summed E-state index contributed by atoms with van der Waals surface area (Å²) >= 11 is 0. The number of anilines is 2. The number of halogens is 2. The van der Waals surface area contributed by atoms with E-state index in [-0.39, 0.29) is 17.2 Å². The highest BCUT2D eigenvalue weighted by Crippen LogP contribution is 2.22. The highest BCUT2D eigenvalue weighted by Gasteiger charge is 2.12. The van der Waals surface area contributed by atoms with Crippen molar-refractivity contribution in [1.29, 1.82) is 0 Å². The minimum absolute atomic E-state index is 0.0780. The molecular weight excluding hydrogens is 366 g/mol. The fraction of sp³-hybridized carbons (Fsp3) is 0.150. The largest absolute Gasteiger partial charge is 0.496 e. The topological polar surface area (TPSA) is 76.1 Å².